The number of carbonyl (C=O) groups is 1. The molecule has 5 nitrogen and oxygen atoms in total. The van der Waals surface area contributed by atoms with Crippen molar-refractivity contribution in [3.05, 3.63) is 23.9 Å². The molecule has 128 valence electrons. The topological polar surface area (TPSA) is 71.5 Å². The van der Waals surface area contributed by atoms with Crippen LogP contribution in [0, 0.1) is 0 Å². The van der Waals surface area contributed by atoms with E-state index in [0.717, 1.165) is 0 Å². The van der Waals surface area contributed by atoms with E-state index in [2.05, 4.69) is 4.98 Å². The predicted octanol–water partition coefficient (Wildman–Crippen LogP) is 1.89. The SMILES string of the molecule is O=C(NCc1cccnc1OCC(F)F)C(F)(F)C1(O)CCC1. The normalized spacial score (nSPS) is 16.8. The van der Waals surface area contributed by atoms with Gasteiger partial charge in [0.1, 0.15) is 5.60 Å². The van der Waals surface area contributed by atoms with Crippen LogP contribution in [0.1, 0.15) is 24.8 Å². The first-order valence-electron chi connectivity index (χ1n) is 6.99. The number of amides is 1. The zero-order valence-corrected chi connectivity index (χ0v) is 12.1. The Morgan fingerprint density at radius 1 is 1.48 bits per heavy atom. The third-order valence-corrected chi connectivity index (χ3v) is 3.69. The van der Waals surface area contributed by atoms with E-state index >= 15 is 0 Å². The summed E-state index contributed by atoms with van der Waals surface area (Å²) < 4.78 is 56.9. The molecule has 1 aromatic rings. The average Bonchev–Trinajstić information content (AvgIpc) is 2.48. The highest BCUT2D eigenvalue weighted by molar-refractivity contribution is 5.85. The Balaban J connectivity index is 1.99. The van der Waals surface area contributed by atoms with E-state index in [9.17, 15) is 27.5 Å². The summed E-state index contributed by atoms with van der Waals surface area (Å²) in [5, 5.41) is 11.7. The van der Waals surface area contributed by atoms with Crippen LogP contribution in [-0.2, 0) is 11.3 Å². The summed E-state index contributed by atoms with van der Waals surface area (Å²) in [7, 11) is 0. The van der Waals surface area contributed by atoms with Crippen LogP contribution in [0.4, 0.5) is 17.6 Å². The Morgan fingerprint density at radius 2 is 2.17 bits per heavy atom. The van der Waals surface area contributed by atoms with E-state index in [1.807, 2.05) is 5.32 Å². The maximum absolute atomic E-state index is 13.9. The van der Waals surface area contributed by atoms with Crippen molar-refractivity contribution in [3.63, 3.8) is 0 Å². The van der Waals surface area contributed by atoms with Gasteiger partial charge in [-0.15, -0.1) is 0 Å². The van der Waals surface area contributed by atoms with Crippen molar-refractivity contribution < 1.29 is 32.2 Å². The maximum atomic E-state index is 13.9. The molecule has 1 heterocycles. The predicted molar refractivity (Wildman–Crippen MR) is 71.3 cm³/mol. The van der Waals surface area contributed by atoms with Gasteiger partial charge in [-0.3, -0.25) is 4.79 Å². The number of nitrogens with one attached hydrogen (secondary N) is 1. The molecule has 0 radical (unpaired) electrons. The number of hydrogen-bond donors (Lipinski definition) is 2. The van der Waals surface area contributed by atoms with Crippen molar-refractivity contribution in [2.75, 3.05) is 6.61 Å². The Hall–Kier alpha value is -1.90. The summed E-state index contributed by atoms with van der Waals surface area (Å²) in [5.41, 5.74) is -2.14. The lowest BCUT2D eigenvalue weighted by molar-refractivity contribution is -0.216. The van der Waals surface area contributed by atoms with Crippen LogP contribution in [0.2, 0.25) is 0 Å². The largest absolute Gasteiger partial charge is 0.471 e. The van der Waals surface area contributed by atoms with Gasteiger partial charge in [-0.2, -0.15) is 8.78 Å². The minimum Gasteiger partial charge on any atom is -0.471 e. The second-order valence-electron chi connectivity index (χ2n) is 5.31. The Kier molecular flexibility index (Phi) is 5.08. The van der Waals surface area contributed by atoms with E-state index in [-0.39, 0.29) is 30.8 Å². The molecule has 23 heavy (non-hydrogen) atoms. The first-order chi connectivity index (χ1) is 10.8. The number of carbonyl (C=O) groups excluding carboxylic acids is 1. The quantitative estimate of drug-likeness (QED) is 0.746. The molecule has 0 bridgehead atoms. The highest BCUT2D eigenvalue weighted by atomic mass is 19.3. The maximum Gasteiger partial charge on any atom is 0.352 e. The first kappa shape index (κ1) is 17.5. The molecule has 1 aliphatic rings. The average molecular weight is 336 g/mol. The van der Waals surface area contributed by atoms with Crippen molar-refractivity contribution in [3.8, 4) is 5.88 Å². The molecule has 0 spiro atoms. The second-order valence-corrected chi connectivity index (χ2v) is 5.31. The van der Waals surface area contributed by atoms with Crippen LogP contribution in [0.3, 0.4) is 0 Å². The molecule has 1 aliphatic carbocycles. The van der Waals surface area contributed by atoms with Crippen molar-refractivity contribution in [2.24, 2.45) is 0 Å². The molecule has 0 aromatic carbocycles. The summed E-state index contributed by atoms with van der Waals surface area (Å²) in [6.45, 7) is -1.27. The van der Waals surface area contributed by atoms with Crippen LogP contribution in [0.5, 0.6) is 5.88 Å². The monoisotopic (exact) mass is 336 g/mol. The molecule has 2 rings (SSSR count). The van der Waals surface area contributed by atoms with E-state index in [0.29, 0.717) is 6.42 Å². The first-order valence-corrected chi connectivity index (χ1v) is 6.99. The van der Waals surface area contributed by atoms with Crippen molar-refractivity contribution in [2.45, 2.75) is 43.8 Å². The zero-order valence-electron chi connectivity index (χ0n) is 12.1. The Labute approximate surface area is 129 Å². The molecule has 1 fully saturated rings. The smallest absolute Gasteiger partial charge is 0.352 e. The van der Waals surface area contributed by atoms with Crippen molar-refractivity contribution >= 4 is 5.91 Å². The fraction of sp³-hybridized carbons (Fsp3) is 0.571. The number of ether oxygens (including phenoxy) is 1. The molecule has 1 aromatic heterocycles. The molecular formula is C14H16F4N2O3. The highest BCUT2D eigenvalue weighted by Gasteiger charge is 2.61. The minimum absolute atomic E-state index is 0.150. The molecular weight excluding hydrogens is 320 g/mol. The third kappa shape index (κ3) is 3.72. The lowest BCUT2D eigenvalue weighted by atomic mass is 9.75. The van der Waals surface area contributed by atoms with Gasteiger partial charge in [0, 0.05) is 18.3 Å². The van der Waals surface area contributed by atoms with Crippen LogP contribution in [-0.4, -0.2) is 40.6 Å². The van der Waals surface area contributed by atoms with Crippen molar-refractivity contribution in [1.29, 1.82) is 0 Å². The molecule has 9 heteroatoms. The van der Waals surface area contributed by atoms with Gasteiger partial charge < -0.3 is 15.2 Å². The summed E-state index contributed by atoms with van der Waals surface area (Å²) in [6, 6.07) is 2.86. The minimum atomic E-state index is -3.92. The highest BCUT2D eigenvalue weighted by Crippen LogP contribution is 2.44. The fourth-order valence-corrected chi connectivity index (χ4v) is 2.15. The van der Waals surface area contributed by atoms with Gasteiger partial charge >= 0.3 is 5.92 Å². The van der Waals surface area contributed by atoms with Gasteiger partial charge in [-0.25, -0.2) is 13.8 Å². The van der Waals surface area contributed by atoms with Gasteiger partial charge in [0.2, 0.25) is 5.88 Å². The molecule has 2 N–H and O–H groups in total. The van der Waals surface area contributed by atoms with Crippen LogP contribution in [0.25, 0.3) is 0 Å². The van der Waals surface area contributed by atoms with Crippen LogP contribution in [0.15, 0.2) is 18.3 Å². The van der Waals surface area contributed by atoms with E-state index in [1.165, 1.54) is 18.3 Å². The molecule has 0 aliphatic heterocycles. The number of pyridine rings is 1. The second kappa shape index (κ2) is 6.69. The number of hydrogen-bond acceptors (Lipinski definition) is 4. The van der Waals surface area contributed by atoms with Gasteiger partial charge in [-0.05, 0) is 25.3 Å². The standard InChI is InChI=1S/C14H16F4N2O3/c15-10(16)8-23-11-9(3-1-6-19-11)7-20-12(21)14(17,18)13(22)4-2-5-13/h1,3,6,10,22H,2,4-5,7-8H2,(H,20,21). The van der Waals surface area contributed by atoms with Gasteiger partial charge in [0.15, 0.2) is 6.61 Å². The van der Waals surface area contributed by atoms with E-state index in [4.69, 9.17) is 4.74 Å². The molecule has 0 atom stereocenters. The van der Waals surface area contributed by atoms with Crippen LogP contribution < -0.4 is 10.1 Å². The lowest BCUT2D eigenvalue weighted by Gasteiger charge is -2.41. The Morgan fingerprint density at radius 3 is 2.74 bits per heavy atom. The van der Waals surface area contributed by atoms with Gasteiger partial charge in [0.25, 0.3) is 12.3 Å². The summed E-state index contributed by atoms with van der Waals surface area (Å²) in [6.07, 6.45) is -1.30. The summed E-state index contributed by atoms with van der Waals surface area (Å²) in [4.78, 5) is 15.4. The van der Waals surface area contributed by atoms with Crippen molar-refractivity contribution in [1.82, 2.24) is 10.3 Å². The lowest BCUT2D eigenvalue weighted by Crippen LogP contribution is -2.60. The number of alkyl halides is 4. The number of aliphatic hydroxyl groups is 1. The molecule has 0 saturated heterocycles. The number of rotatable bonds is 7. The van der Waals surface area contributed by atoms with Gasteiger partial charge in [-0.1, -0.05) is 6.07 Å². The van der Waals surface area contributed by atoms with E-state index < -0.39 is 30.5 Å². The summed E-state index contributed by atoms with van der Waals surface area (Å²) >= 11 is 0. The fourth-order valence-electron chi connectivity index (χ4n) is 2.15. The van der Waals surface area contributed by atoms with Crippen LogP contribution >= 0.6 is 0 Å². The number of aromatic nitrogens is 1. The summed E-state index contributed by atoms with van der Waals surface area (Å²) in [5.74, 6) is -5.71. The molecule has 1 amide bonds. The number of halogens is 4. The van der Waals surface area contributed by atoms with Gasteiger partial charge in [0.05, 0.1) is 0 Å². The van der Waals surface area contributed by atoms with E-state index in [1.54, 1.807) is 0 Å². The zero-order chi connectivity index (χ0) is 17.1. The Bertz CT molecular complexity index is 565. The molecule has 1 saturated carbocycles. The third-order valence-electron chi connectivity index (χ3n) is 3.69. The molecule has 0 unspecified atom stereocenters. The number of nitrogens with zero attached hydrogens (tertiary/aromatic N) is 1.